The lowest BCUT2D eigenvalue weighted by Gasteiger charge is -1.96. The van der Waals surface area contributed by atoms with E-state index in [1.54, 1.807) is 0 Å². The first kappa shape index (κ1) is 14.7. The Hall–Kier alpha value is -0.780. The van der Waals surface area contributed by atoms with Crippen LogP contribution < -0.4 is 0 Å². The second kappa shape index (κ2) is 11.2. The third kappa shape index (κ3) is 11.2. The fourth-order valence-electron chi connectivity index (χ4n) is 0.600. The molecule has 13 heavy (non-hydrogen) atoms. The third-order valence-corrected chi connectivity index (χ3v) is 1.59. The van der Waals surface area contributed by atoms with Gasteiger partial charge in [-0.25, -0.2) is 0 Å². The van der Waals surface area contributed by atoms with E-state index in [1.807, 2.05) is 13.0 Å². The highest BCUT2D eigenvalue weighted by molar-refractivity contribution is 5.29. The molecule has 0 spiro atoms. The zero-order chi connectivity index (χ0) is 10.7. The lowest BCUT2D eigenvalue weighted by atomic mass is 10.1. The van der Waals surface area contributed by atoms with Crippen LogP contribution in [0.2, 0.25) is 0 Å². The summed E-state index contributed by atoms with van der Waals surface area (Å²) in [6.07, 6.45) is 9.58. The van der Waals surface area contributed by atoms with E-state index in [4.69, 9.17) is 0 Å². The molecule has 0 aromatic rings. The van der Waals surface area contributed by atoms with Gasteiger partial charge >= 0.3 is 0 Å². The van der Waals surface area contributed by atoms with Crippen molar-refractivity contribution in [3.63, 3.8) is 0 Å². The van der Waals surface area contributed by atoms with Gasteiger partial charge in [0.1, 0.15) is 0 Å². The second-order valence-corrected chi connectivity index (χ2v) is 3.05. The molecule has 0 N–H and O–H groups in total. The quantitative estimate of drug-likeness (QED) is 0.531. The molecule has 0 bridgehead atoms. The molecule has 0 aliphatic carbocycles. The van der Waals surface area contributed by atoms with Gasteiger partial charge in [0.2, 0.25) is 0 Å². The Labute approximate surface area is 84.1 Å². The Bertz CT molecular complexity index is 180. The van der Waals surface area contributed by atoms with Crippen molar-refractivity contribution in [1.29, 1.82) is 0 Å². The second-order valence-electron chi connectivity index (χ2n) is 3.05. The van der Waals surface area contributed by atoms with Gasteiger partial charge in [-0.1, -0.05) is 50.1 Å². The van der Waals surface area contributed by atoms with E-state index in [1.165, 1.54) is 17.6 Å². The molecule has 0 heterocycles. The summed E-state index contributed by atoms with van der Waals surface area (Å²) < 4.78 is 0. The SMILES string of the molecule is CCC.C\C=C(C)/C(C)=C\C=C\C. The van der Waals surface area contributed by atoms with Gasteiger partial charge in [0.15, 0.2) is 0 Å². The predicted molar refractivity (Wildman–Crippen MR) is 64.0 cm³/mol. The Morgan fingerprint density at radius 1 is 1.00 bits per heavy atom. The van der Waals surface area contributed by atoms with Gasteiger partial charge < -0.3 is 0 Å². The Balaban J connectivity index is 0. The summed E-state index contributed by atoms with van der Waals surface area (Å²) in [5, 5.41) is 0. The molecule has 0 atom stereocenters. The molecule has 0 radical (unpaired) electrons. The van der Waals surface area contributed by atoms with Crippen LogP contribution in [0.3, 0.4) is 0 Å². The highest BCUT2D eigenvalue weighted by Crippen LogP contribution is 2.06. The lowest BCUT2D eigenvalue weighted by molar-refractivity contribution is 1.09. The molecule has 0 saturated carbocycles. The average molecular weight is 180 g/mol. The Morgan fingerprint density at radius 3 is 1.77 bits per heavy atom. The Morgan fingerprint density at radius 2 is 1.46 bits per heavy atom. The van der Waals surface area contributed by atoms with Crippen molar-refractivity contribution >= 4 is 0 Å². The van der Waals surface area contributed by atoms with Crippen molar-refractivity contribution in [2.75, 3.05) is 0 Å². The minimum absolute atomic E-state index is 1.25. The van der Waals surface area contributed by atoms with Crippen LogP contribution >= 0.6 is 0 Å². The predicted octanol–water partition coefficient (Wildman–Crippen LogP) is 4.89. The highest BCUT2D eigenvalue weighted by atomic mass is 13.9. The van der Waals surface area contributed by atoms with Gasteiger partial charge in [-0.15, -0.1) is 0 Å². The van der Waals surface area contributed by atoms with E-state index in [2.05, 4.69) is 52.8 Å². The lowest BCUT2D eigenvalue weighted by Crippen LogP contribution is -1.75. The van der Waals surface area contributed by atoms with Crippen molar-refractivity contribution in [3.8, 4) is 0 Å². The van der Waals surface area contributed by atoms with Gasteiger partial charge in [-0.3, -0.25) is 0 Å². The van der Waals surface area contributed by atoms with E-state index in [0.717, 1.165) is 0 Å². The molecule has 0 aliphatic rings. The molecular weight excluding hydrogens is 156 g/mol. The number of hydrogen-bond acceptors (Lipinski definition) is 0. The van der Waals surface area contributed by atoms with Crippen molar-refractivity contribution in [2.24, 2.45) is 0 Å². The zero-order valence-electron chi connectivity index (χ0n) is 10.0. The summed E-state index contributed by atoms with van der Waals surface area (Å²) in [4.78, 5) is 0. The van der Waals surface area contributed by atoms with Crippen LogP contribution in [0.5, 0.6) is 0 Å². The number of allylic oxidation sites excluding steroid dienone is 6. The molecule has 0 unspecified atom stereocenters. The summed E-state index contributed by atoms with van der Waals surface area (Å²) in [5.74, 6) is 0. The minimum Gasteiger partial charge on any atom is -0.0877 e. The van der Waals surface area contributed by atoms with Crippen molar-refractivity contribution in [1.82, 2.24) is 0 Å². The molecule has 0 amide bonds. The van der Waals surface area contributed by atoms with E-state index in [-0.39, 0.29) is 0 Å². The normalized spacial score (nSPS) is 12.8. The first-order valence-electron chi connectivity index (χ1n) is 5.06. The van der Waals surface area contributed by atoms with E-state index >= 15 is 0 Å². The van der Waals surface area contributed by atoms with Crippen molar-refractivity contribution < 1.29 is 0 Å². The molecular formula is C13H24. The van der Waals surface area contributed by atoms with Crippen LogP contribution in [0.1, 0.15) is 48.0 Å². The van der Waals surface area contributed by atoms with Crippen molar-refractivity contribution in [3.05, 3.63) is 35.5 Å². The molecule has 0 rings (SSSR count). The molecule has 0 fully saturated rings. The maximum Gasteiger partial charge on any atom is -0.0395 e. The largest absolute Gasteiger partial charge is 0.0877 e. The number of hydrogen-bond donors (Lipinski definition) is 0. The average Bonchev–Trinajstić information content (AvgIpc) is 2.14. The molecule has 0 aliphatic heterocycles. The number of rotatable bonds is 2. The standard InChI is InChI=1S/C10H16.C3H8/c1-5-7-8-10(4)9(3)6-2;1-3-2/h5-8H,1-4H3;3H2,1-2H3/b7-5+,9-6-,10-8-;. The molecule has 0 heteroatoms. The summed E-state index contributed by atoms with van der Waals surface area (Å²) >= 11 is 0. The van der Waals surface area contributed by atoms with Crippen LogP contribution in [0.4, 0.5) is 0 Å². The van der Waals surface area contributed by atoms with Crippen molar-refractivity contribution in [2.45, 2.75) is 48.0 Å². The highest BCUT2D eigenvalue weighted by Gasteiger charge is 1.86. The molecule has 0 aromatic carbocycles. The zero-order valence-corrected chi connectivity index (χ0v) is 10.0. The summed E-state index contributed by atoms with van der Waals surface area (Å²) in [6, 6.07) is 0. The maximum atomic E-state index is 2.12. The van der Waals surface area contributed by atoms with Gasteiger partial charge in [0.25, 0.3) is 0 Å². The van der Waals surface area contributed by atoms with E-state index in [0.29, 0.717) is 0 Å². The van der Waals surface area contributed by atoms with Crippen LogP contribution in [-0.4, -0.2) is 0 Å². The van der Waals surface area contributed by atoms with Gasteiger partial charge in [0, 0.05) is 0 Å². The molecule has 0 saturated heterocycles. The first-order valence-corrected chi connectivity index (χ1v) is 5.06. The first-order chi connectivity index (χ1) is 6.13. The summed E-state index contributed by atoms with van der Waals surface area (Å²) in [7, 11) is 0. The smallest absolute Gasteiger partial charge is 0.0395 e. The van der Waals surface area contributed by atoms with E-state index in [9.17, 15) is 0 Å². The van der Waals surface area contributed by atoms with E-state index < -0.39 is 0 Å². The summed E-state index contributed by atoms with van der Waals surface area (Å²) in [6.45, 7) is 12.6. The maximum absolute atomic E-state index is 2.12. The van der Waals surface area contributed by atoms with Crippen LogP contribution in [0, 0.1) is 0 Å². The topological polar surface area (TPSA) is 0 Å². The fraction of sp³-hybridized carbons (Fsp3) is 0.538. The Kier molecular flexibility index (Phi) is 12.7. The summed E-state index contributed by atoms with van der Waals surface area (Å²) in [5.41, 5.74) is 2.68. The third-order valence-electron chi connectivity index (χ3n) is 1.59. The van der Waals surface area contributed by atoms with Crippen LogP contribution in [0.25, 0.3) is 0 Å². The van der Waals surface area contributed by atoms with Gasteiger partial charge in [-0.2, -0.15) is 0 Å². The molecule has 0 aromatic heterocycles. The van der Waals surface area contributed by atoms with Gasteiger partial charge in [0.05, 0.1) is 0 Å². The fourth-order valence-corrected chi connectivity index (χ4v) is 0.600. The molecule has 0 nitrogen and oxygen atoms in total. The minimum atomic E-state index is 1.25. The van der Waals surface area contributed by atoms with Crippen LogP contribution in [0.15, 0.2) is 35.5 Å². The monoisotopic (exact) mass is 180 g/mol. The van der Waals surface area contributed by atoms with Crippen LogP contribution in [-0.2, 0) is 0 Å². The molecule has 76 valence electrons. The van der Waals surface area contributed by atoms with Gasteiger partial charge in [-0.05, 0) is 33.3 Å².